The van der Waals surface area contributed by atoms with Gasteiger partial charge in [-0.1, -0.05) is 0 Å². The lowest BCUT2D eigenvalue weighted by atomic mass is 10.3. The molecule has 0 spiro atoms. The first-order valence-corrected chi connectivity index (χ1v) is 5.39. The molecule has 1 aliphatic heterocycles. The number of hydrogen-bond acceptors (Lipinski definition) is 5. The molecule has 1 saturated heterocycles. The van der Waals surface area contributed by atoms with Crippen molar-refractivity contribution < 1.29 is 24.4 Å². The summed E-state index contributed by atoms with van der Waals surface area (Å²) in [5.41, 5.74) is 0. The predicted octanol–water partition coefficient (Wildman–Crippen LogP) is -0.448. The Kier molecular flexibility index (Phi) is 6.87. The molecule has 0 bridgehead atoms. The van der Waals surface area contributed by atoms with Gasteiger partial charge in [0.15, 0.2) is 0 Å². The fourth-order valence-electron chi connectivity index (χ4n) is 1.06. The van der Waals surface area contributed by atoms with Crippen molar-refractivity contribution >= 4 is 0 Å². The van der Waals surface area contributed by atoms with Crippen molar-refractivity contribution in [3.8, 4) is 0 Å². The largest absolute Gasteiger partial charge is 0.394 e. The first-order chi connectivity index (χ1) is 7.33. The Labute approximate surface area is 89.9 Å². The van der Waals surface area contributed by atoms with E-state index in [0.717, 1.165) is 26.1 Å². The van der Waals surface area contributed by atoms with Crippen LogP contribution in [-0.2, 0) is 14.2 Å². The summed E-state index contributed by atoms with van der Waals surface area (Å²) in [6, 6.07) is 0. The molecule has 0 aromatic heterocycles. The number of epoxide rings is 1. The van der Waals surface area contributed by atoms with E-state index in [2.05, 4.69) is 0 Å². The van der Waals surface area contributed by atoms with Crippen molar-refractivity contribution in [1.82, 2.24) is 0 Å². The van der Waals surface area contributed by atoms with Crippen molar-refractivity contribution in [2.24, 2.45) is 0 Å². The van der Waals surface area contributed by atoms with E-state index in [-0.39, 0.29) is 13.2 Å². The van der Waals surface area contributed by atoms with Crippen LogP contribution in [0.5, 0.6) is 0 Å². The highest BCUT2D eigenvalue weighted by Crippen LogP contribution is 2.08. The van der Waals surface area contributed by atoms with Gasteiger partial charge in [0.25, 0.3) is 0 Å². The van der Waals surface area contributed by atoms with Gasteiger partial charge in [-0.25, -0.2) is 0 Å². The summed E-state index contributed by atoms with van der Waals surface area (Å²) in [7, 11) is 0. The lowest BCUT2D eigenvalue weighted by Gasteiger charge is -2.07. The molecule has 1 fully saturated rings. The van der Waals surface area contributed by atoms with Crippen LogP contribution in [0.1, 0.15) is 12.8 Å². The van der Waals surface area contributed by atoms with Crippen LogP contribution in [0.3, 0.4) is 0 Å². The number of unbranched alkanes of at least 4 members (excludes halogenated alkanes) is 1. The lowest BCUT2D eigenvalue weighted by Crippen LogP contribution is -2.19. The van der Waals surface area contributed by atoms with E-state index >= 15 is 0 Å². The smallest absolute Gasteiger partial charge is 0.104 e. The summed E-state index contributed by atoms with van der Waals surface area (Å²) in [6.07, 6.45) is 1.43. The molecular weight excluding hydrogens is 200 g/mol. The number of hydrogen-bond donors (Lipinski definition) is 2. The Balaban J connectivity index is 1.68. The molecule has 0 aliphatic carbocycles. The molecule has 1 heterocycles. The molecule has 0 aromatic rings. The predicted molar refractivity (Wildman–Crippen MR) is 53.7 cm³/mol. The van der Waals surface area contributed by atoms with Gasteiger partial charge in [-0.15, -0.1) is 0 Å². The average Bonchev–Trinajstić information content (AvgIpc) is 3.05. The zero-order chi connectivity index (χ0) is 10.9. The highest BCUT2D eigenvalue weighted by molar-refractivity contribution is 4.66. The Morgan fingerprint density at radius 3 is 2.53 bits per heavy atom. The van der Waals surface area contributed by atoms with Crippen molar-refractivity contribution in [1.29, 1.82) is 0 Å². The Morgan fingerprint density at radius 1 is 1.27 bits per heavy atom. The SMILES string of the molecule is OC[C@@H](O)COCCCCOC[C@H]1CO1. The minimum Gasteiger partial charge on any atom is -0.394 e. The summed E-state index contributed by atoms with van der Waals surface area (Å²) >= 11 is 0. The molecule has 1 rings (SSSR count). The summed E-state index contributed by atoms with van der Waals surface area (Å²) in [5, 5.41) is 17.5. The van der Waals surface area contributed by atoms with E-state index in [1.54, 1.807) is 0 Å². The van der Waals surface area contributed by atoms with Gasteiger partial charge < -0.3 is 24.4 Å². The third-order valence-corrected chi connectivity index (χ3v) is 2.05. The van der Waals surface area contributed by atoms with Crippen LogP contribution in [0.2, 0.25) is 0 Å². The first kappa shape index (κ1) is 12.9. The normalized spacial score (nSPS) is 21.6. The van der Waals surface area contributed by atoms with Crippen LogP contribution >= 0.6 is 0 Å². The molecule has 0 amide bonds. The Hall–Kier alpha value is -0.200. The standard InChI is InChI=1S/C10H20O5/c11-5-9(12)6-13-3-1-2-4-14-7-10-8-15-10/h9-12H,1-8H2/t9-,10+/m1/s1. The monoisotopic (exact) mass is 220 g/mol. The summed E-state index contributed by atoms with van der Waals surface area (Å²) in [6.45, 7) is 2.82. The fourth-order valence-corrected chi connectivity index (χ4v) is 1.06. The van der Waals surface area contributed by atoms with Crippen LogP contribution in [0.25, 0.3) is 0 Å². The molecular formula is C10H20O5. The summed E-state index contributed by atoms with van der Waals surface area (Å²) < 4.78 is 15.5. The molecule has 15 heavy (non-hydrogen) atoms. The van der Waals surface area contributed by atoms with Crippen molar-refractivity contribution in [2.75, 3.05) is 39.6 Å². The van der Waals surface area contributed by atoms with Crippen molar-refractivity contribution in [3.05, 3.63) is 0 Å². The van der Waals surface area contributed by atoms with Gasteiger partial charge in [-0.3, -0.25) is 0 Å². The number of aliphatic hydroxyl groups excluding tert-OH is 2. The highest BCUT2D eigenvalue weighted by Gasteiger charge is 2.21. The van der Waals surface area contributed by atoms with E-state index < -0.39 is 6.10 Å². The maximum Gasteiger partial charge on any atom is 0.104 e. The van der Waals surface area contributed by atoms with Crippen molar-refractivity contribution in [2.45, 2.75) is 25.0 Å². The Morgan fingerprint density at radius 2 is 1.93 bits per heavy atom. The molecule has 0 aromatic carbocycles. The van der Waals surface area contributed by atoms with Gasteiger partial charge in [-0.2, -0.15) is 0 Å². The van der Waals surface area contributed by atoms with Crippen LogP contribution in [0.4, 0.5) is 0 Å². The van der Waals surface area contributed by atoms with Crippen LogP contribution in [0.15, 0.2) is 0 Å². The molecule has 2 N–H and O–H groups in total. The molecule has 0 unspecified atom stereocenters. The first-order valence-electron chi connectivity index (χ1n) is 5.39. The minimum atomic E-state index is -0.756. The highest BCUT2D eigenvalue weighted by atomic mass is 16.6. The quantitative estimate of drug-likeness (QED) is 0.385. The van der Waals surface area contributed by atoms with E-state index in [1.165, 1.54) is 0 Å². The topological polar surface area (TPSA) is 71.5 Å². The van der Waals surface area contributed by atoms with Gasteiger partial charge in [0.1, 0.15) is 12.2 Å². The number of aliphatic hydroxyl groups is 2. The number of rotatable bonds is 10. The van der Waals surface area contributed by atoms with E-state index in [1.807, 2.05) is 0 Å². The lowest BCUT2D eigenvalue weighted by molar-refractivity contribution is 0.00362. The van der Waals surface area contributed by atoms with E-state index in [0.29, 0.717) is 19.3 Å². The summed E-state index contributed by atoms with van der Waals surface area (Å²) in [5.74, 6) is 0. The third-order valence-electron chi connectivity index (χ3n) is 2.05. The maximum atomic E-state index is 8.95. The molecule has 0 radical (unpaired) electrons. The summed E-state index contributed by atoms with van der Waals surface area (Å²) in [4.78, 5) is 0. The van der Waals surface area contributed by atoms with Crippen LogP contribution in [0, 0.1) is 0 Å². The van der Waals surface area contributed by atoms with Crippen molar-refractivity contribution in [3.63, 3.8) is 0 Å². The number of ether oxygens (including phenoxy) is 3. The molecule has 90 valence electrons. The van der Waals surface area contributed by atoms with Gasteiger partial charge in [0, 0.05) is 13.2 Å². The van der Waals surface area contributed by atoms with Crippen LogP contribution in [-0.4, -0.2) is 62.1 Å². The Bertz CT molecular complexity index is 149. The molecule has 5 nitrogen and oxygen atoms in total. The van der Waals surface area contributed by atoms with Gasteiger partial charge in [0.05, 0.1) is 26.4 Å². The zero-order valence-corrected chi connectivity index (χ0v) is 8.93. The fraction of sp³-hybridized carbons (Fsp3) is 1.00. The van der Waals surface area contributed by atoms with Gasteiger partial charge >= 0.3 is 0 Å². The van der Waals surface area contributed by atoms with E-state index in [4.69, 9.17) is 24.4 Å². The second kappa shape index (κ2) is 8.01. The third kappa shape index (κ3) is 7.70. The van der Waals surface area contributed by atoms with Gasteiger partial charge in [0.2, 0.25) is 0 Å². The average molecular weight is 220 g/mol. The molecule has 1 aliphatic rings. The zero-order valence-electron chi connectivity index (χ0n) is 8.93. The van der Waals surface area contributed by atoms with Crippen LogP contribution < -0.4 is 0 Å². The molecule has 5 heteroatoms. The second-order valence-corrected chi connectivity index (χ2v) is 3.65. The molecule has 0 saturated carbocycles. The van der Waals surface area contributed by atoms with Gasteiger partial charge in [-0.05, 0) is 12.8 Å². The second-order valence-electron chi connectivity index (χ2n) is 3.65. The minimum absolute atomic E-state index is 0.202. The maximum absolute atomic E-state index is 8.95. The molecule has 2 atom stereocenters. The van der Waals surface area contributed by atoms with E-state index in [9.17, 15) is 0 Å².